The van der Waals surface area contributed by atoms with Gasteiger partial charge in [0.15, 0.2) is 0 Å². The third-order valence-corrected chi connectivity index (χ3v) is 2.89. The predicted octanol–water partition coefficient (Wildman–Crippen LogP) is 1.72. The van der Waals surface area contributed by atoms with Gasteiger partial charge < -0.3 is 15.2 Å². The van der Waals surface area contributed by atoms with E-state index in [1.807, 2.05) is 13.8 Å². The number of carboxylic acid groups (broad SMARTS) is 1. The van der Waals surface area contributed by atoms with Crippen LogP contribution in [0.5, 0.6) is 5.75 Å². The molecule has 0 spiro atoms. The maximum absolute atomic E-state index is 11.8. The molecule has 6 heteroatoms. The lowest BCUT2D eigenvalue weighted by atomic mass is 10.0. The van der Waals surface area contributed by atoms with Gasteiger partial charge >= 0.3 is 5.97 Å². The lowest BCUT2D eigenvalue weighted by Crippen LogP contribution is -2.42. The zero-order chi connectivity index (χ0) is 15.8. The second kappa shape index (κ2) is 8.26. The molecule has 1 atom stereocenters. The quantitative estimate of drug-likeness (QED) is 0.679. The van der Waals surface area contributed by atoms with Gasteiger partial charge in [-0.15, -0.1) is 0 Å². The third kappa shape index (κ3) is 6.27. The molecule has 116 valence electrons. The highest BCUT2D eigenvalue weighted by Gasteiger charge is 2.19. The molecule has 6 nitrogen and oxygen atoms in total. The van der Waals surface area contributed by atoms with Crippen LogP contribution in [-0.2, 0) is 9.59 Å². The summed E-state index contributed by atoms with van der Waals surface area (Å²) >= 11 is 0. The fourth-order valence-corrected chi connectivity index (χ4v) is 1.84. The number of hydrogen-bond acceptors (Lipinski definition) is 4. The van der Waals surface area contributed by atoms with E-state index >= 15 is 0 Å². The normalized spacial score (nSPS) is 12.0. The standard InChI is InChI=1S/C15H22N2O4/c1-10(2)8-13(15(19)20)16-9-14(18)17-11-4-6-12(21-3)7-5-11/h4-7,10,13,16H,8-9H2,1-3H3,(H,17,18)(H,19,20). The molecule has 1 aromatic rings. The van der Waals surface area contributed by atoms with E-state index in [4.69, 9.17) is 9.84 Å². The molecule has 0 heterocycles. The topological polar surface area (TPSA) is 87.7 Å². The maximum Gasteiger partial charge on any atom is 0.320 e. The molecule has 0 saturated carbocycles. The van der Waals surface area contributed by atoms with Crippen molar-refractivity contribution in [1.82, 2.24) is 5.32 Å². The van der Waals surface area contributed by atoms with Gasteiger partial charge in [0.25, 0.3) is 0 Å². The second-order valence-electron chi connectivity index (χ2n) is 5.18. The van der Waals surface area contributed by atoms with Gasteiger partial charge in [0, 0.05) is 5.69 Å². The molecule has 1 amide bonds. The lowest BCUT2D eigenvalue weighted by molar-refractivity contribution is -0.139. The molecule has 0 bridgehead atoms. The number of hydrogen-bond donors (Lipinski definition) is 3. The Morgan fingerprint density at radius 3 is 2.33 bits per heavy atom. The minimum Gasteiger partial charge on any atom is -0.497 e. The van der Waals surface area contributed by atoms with E-state index in [0.29, 0.717) is 17.9 Å². The number of ether oxygens (including phenoxy) is 1. The predicted molar refractivity (Wildman–Crippen MR) is 80.5 cm³/mol. The Bertz CT molecular complexity index is 471. The number of methoxy groups -OCH3 is 1. The van der Waals surface area contributed by atoms with Gasteiger partial charge in [0.2, 0.25) is 5.91 Å². The Balaban J connectivity index is 2.46. The number of rotatable bonds is 8. The fraction of sp³-hybridized carbons (Fsp3) is 0.467. The molecular weight excluding hydrogens is 272 g/mol. The van der Waals surface area contributed by atoms with Gasteiger partial charge in [-0.25, -0.2) is 0 Å². The highest BCUT2D eigenvalue weighted by molar-refractivity contribution is 5.92. The van der Waals surface area contributed by atoms with Crippen LogP contribution in [-0.4, -0.2) is 36.7 Å². The van der Waals surface area contributed by atoms with Crippen molar-refractivity contribution in [3.8, 4) is 5.75 Å². The number of carbonyl (C=O) groups is 2. The average Bonchev–Trinajstić information content (AvgIpc) is 2.43. The first-order chi connectivity index (χ1) is 9.92. The summed E-state index contributed by atoms with van der Waals surface area (Å²) in [6, 6.07) is 6.20. The van der Waals surface area contributed by atoms with Gasteiger partial charge in [-0.05, 0) is 36.6 Å². The van der Waals surface area contributed by atoms with E-state index < -0.39 is 12.0 Å². The first-order valence-electron chi connectivity index (χ1n) is 6.82. The minimum atomic E-state index is -0.944. The molecule has 0 fully saturated rings. The van der Waals surface area contributed by atoms with Crippen molar-refractivity contribution in [2.45, 2.75) is 26.3 Å². The van der Waals surface area contributed by atoms with E-state index in [-0.39, 0.29) is 18.4 Å². The monoisotopic (exact) mass is 294 g/mol. The first kappa shape index (κ1) is 17.0. The molecule has 0 aliphatic heterocycles. The van der Waals surface area contributed by atoms with Crippen molar-refractivity contribution < 1.29 is 19.4 Å². The van der Waals surface area contributed by atoms with Crippen molar-refractivity contribution in [3.05, 3.63) is 24.3 Å². The molecule has 21 heavy (non-hydrogen) atoms. The van der Waals surface area contributed by atoms with Crippen LogP contribution in [0.2, 0.25) is 0 Å². The van der Waals surface area contributed by atoms with Crippen LogP contribution in [0.15, 0.2) is 24.3 Å². The largest absolute Gasteiger partial charge is 0.497 e. The molecule has 3 N–H and O–H groups in total. The Morgan fingerprint density at radius 2 is 1.86 bits per heavy atom. The van der Waals surface area contributed by atoms with Gasteiger partial charge in [-0.2, -0.15) is 0 Å². The summed E-state index contributed by atoms with van der Waals surface area (Å²) in [5.74, 6) is -0.284. The van der Waals surface area contributed by atoms with E-state index in [1.54, 1.807) is 31.4 Å². The number of benzene rings is 1. The number of aliphatic carboxylic acids is 1. The fourth-order valence-electron chi connectivity index (χ4n) is 1.84. The summed E-state index contributed by atoms with van der Waals surface area (Å²) < 4.78 is 5.03. The Hall–Kier alpha value is -2.08. The Labute approximate surface area is 124 Å². The van der Waals surface area contributed by atoms with Gasteiger partial charge in [-0.3, -0.25) is 14.9 Å². The number of amides is 1. The molecule has 0 saturated heterocycles. The third-order valence-electron chi connectivity index (χ3n) is 2.89. The molecule has 1 rings (SSSR count). The van der Waals surface area contributed by atoms with Crippen LogP contribution >= 0.6 is 0 Å². The highest BCUT2D eigenvalue weighted by atomic mass is 16.5. The molecule has 1 aromatic carbocycles. The smallest absolute Gasteiger partial charge is 0.320 e. The molecule has 0 radical (unpaired) electrons. The van der Waals surface area contributed by atoms with Crippen LogP contribution in [0.1, 0.15) is 20.3 Å². The van der Waals surface area contributed by atoms with Crippen molar-refractivity contribution >= 4 is 17.6 Å². The van der Waals surface area contributed by atoms with Crippen molar-refractivity contribution in [2.24, 2.45) is 5.92 Å². The van der Waals surface area contributed by atoms with Crippen LogP contribution in [0.4, 0.5) is 5.69 Å². The molecule has 0 aromatic heterocycles. The highest BCUT2D eigenvalue weighted by Crippen LogP contribution is 2.14. The van der Waals surface area contributed by atoms with Crippen molar-refractivity contribution in [3.63, 3.8) is 0 Å². The summed E-state index contributed by atoms with van der Waals surface area (Å²) in [7, 11) is 1.57. The Kier molecular flexibility index (Phi) is 6.68. The number of carbonyl (C=O) groups excluding carboxylic acids is 1. The van der Waals surface area contributed by atoms with Gasteiger partial charge in [-0.1, -0.05) is 13.8 Å². The van der Waals surface area contributed by atoms with Gasteiger partial charge in [0.05, 0.1) is 13.7 Å². The summed E-state index contributed by atoms with van der Waals surface area (Å²) in [4.78, 5) is 22.9. The van der Waals surface area contributed by atoms with E-state index in [1.165, 1.54) is 0 Å². The van der Waals surface area contributed by atoms with E-state index in [2.05, 4.69) is 10.6 Å². The van der Waals surface area contributed by atoms with Crippen LogP contribution in [0.3, 0.4) is 0 Å². The number of nitrogens with one attached hydrogen (secondary N) is 2. The summed E-state index contributed by atoms with van der Waals surface area (Å²) in [6.07, 6.45) is 0.477. The number of carboxylic acids is 1. The molecular formula is C15H22N2O4. The van der Waals surface area contributed by atoms with Crippen LogP contribution in [0.25, 0.3) is 0 Å². The van der Waals surface area contributed by atoms with Crippen LogP contribution in [0, 0.1) is 5.92 Å². The van der Waals surface area contributed by atoms with Crippen molar-refractivity contribution in [2.75, 3.05) is 19.0 Å². The minimum absolute atomic E-state index is 0.0459. The second-order valence-corrected chi connectivity index (χ2v) is 5.18. The zero-order valence-corrected chi connectivity index (χ0v) is 12.6. The van der Waals surface area contributed by atoms with E-state index in [9.17, 15) is 9.59 Å². The van der Waals surface area contributed by atoms with Crippen LogP contribution < -0.4 is 15.4 Å². The van der Waals surface area contributed by atoms with Crippen molar-refractivity contribution in [1.29, 1.82) is 0 Å². The van der Waals surface area contributed by atoms with E-state index in [0.717, 1.165) is 0 Å². The molecule has 0 aliphatic rings. The average molecular weight is 294 g/mol. The van der Waals surface area contributed by atoms with Gasteiger partial charge in [0.1, 0.15) is 11.8 Å². The summed E-state index contributed by atoms with van der Waals surface area (Å²) in [6.45, 7) is 3.83. The summed E-state index contributed by atoms with van der Waals surface area (Å²) in [5.41, 5.74) is 0.637. The zero-order valence-electron chi connectivity index (χ0n) is 12.6. The number of anilines is 1. The lowest BCUT2D eigenvalue weighted by Gasteiger charge is -2.16. The summed E-state index contributed by atoms with van der Waals surface area (Å²) in [5, 5.41) is 14.5. The Morgan fingerprint density at radius 1 is 1.24 bits per heavy atom. The SMILES string of the molecule is COc1ccc(NC(=O)CNC(CC(C)C)C(=O)O)cc1. The molecule has 1 unspecified atom stereocenters. The maximum atomic E-state index is 11.8. The molecule has 0 aliphatic carbocycles. The first-order valence-corrected chi connectivity index (χ1v) is 6.82.